The summed E-state index contributed by atoms with van der Waals surface area (Å²) in [6.07, 6.45) is 6.16. The highest BCUT2D eigenvalue weighted by Gasteiger charge is 2.14. The lowest BCUT2D eigenvalue weighted by atomic mass is 10.1. The van der Waals surface area contributed by atoms with Crippen LogP contribution in [0.25, 0.3) is 11.1 Å². The van der Waals surface area contributed by atoms with Crippen LogP contribution in [0.3, 0.4) is 0 Å². The number of aryl methyl sites for hydroxylation is 1. The van der Waals surface area contributed by atoms with E-state index in [1.165, 1.54) is 6.07 Å². The summed E-state index contributed by atoms with van der Waals surface area (Å²) in [7, 11) is 1.80. The minimum Gasteiger partial charge on any atom is -0.339 e. The normalized spacial score (nSPS) is 10.6. The molecule has 4 rings (SSSR count). The number of rotatable bonds is 7. The van der Waals surface area contributed by atoms with Crippen molar-refractivity contribution in [2.24, 2.45) is 7.05 Å². The van der Waals surface area contributed by atoms with Crippen LogP contribution in [0.2, 0.25) is 5.02 Å². The summed E-state index contributed by atoms with van der Waals surface area (Å²) in [6.45, 7) is 3.45. The van der Waals surface area contributed by atoms with Crippen molar-refractivity contribution in [1.29, 1.82) is 0 Å². The Bertz CT molecular complexity index is 1390. The van der Waals surface area contributed by atoms with Crippen molar-refractivity contribution in [2.75, 3.05) is 16.0 Å². The Kier molecular flexibility index (Phi) is 6.90. The lowest BCUT2D eigenvalue weighted by Gasteiger charge is -2.14. The molecule has 1 amide bonds. The predicted molar refractivity (Wildman–Crippen MR) is 135 cm³/mol. The number of carbonyl (C=O) groups is 1. The molecule has 0 saturated heterocycles. The van der Waals surface area contributed by atoms with Gasteiger partial charge in [-0.05, 0) is 57.9 Å². The second-order valence-electron chi connectivity index (χ2n) is 7.16. The highest BCUT2D eigenvalue weighted by atomic mass is 79.9. The molecular formula is C23H18BrClFN7O. The van der Waals surface area contributed by atoms with Crippen LogP contribution >= 0.6 is 27.5 Å². The van der Waals surface area contributed by atoms with Gasteiger partial charge in [-0.25, -0.2) is 9.37 Å². The van der Waals surface area contributed by atoms with Gasteiger partial charge in [0.25, 0.3) is 0 Å². The van der Waals surface area contributed by atoms with Gasteiger partial charge in [-0.15, -0.1) is 0 Å². The average Bonchev–Trinajstić information content (AvgIpc) is 3.20. The van der Waals surface area contributed by atoms with Crippen molar-refractivity contribution < 1.29 is 9.18 Å². The van der Waals surface area contributed by atoms with Crippen molar-refractivity contribution in [3.05, 3.63) is 83.0 Å². The zero-order valence-electron chi connectivity index (χ0n) is 17.8. The maximum Gasteiger partial charge on any atom is 0.247 e. The van der Waals surface area contributed by atoms with Crippen LogP contribution < -0.4 is 16.0 Å². The number of hydrogen-bond acceptors (Lipinski definition) is 6. The van der Waals surface area contributed by atoms with E-state index in [1.54, 1.807) is 60.7 Å². The van der Waals surface area contributed by atoms with Crippen molar-refractivity contribution in [3.8, 4) is 11.1 Å². The van der Waals surface area contributed by atoms with Gasteiger partial charge in [0.1, 0.15) is 11.6 Å². The van der Waals surface area contributed by atoms with Crippen LogP contribution in [-0.2, 0) is 11.8 Å². The number of aromatic nitrogens is 4. The number of hydrogen-bond donors (Lipinski definition) is 3. The van der Waals surface area contributed by atoms with Gasteiger partial charge in [0.05, 0.1) is 16.4 Å². The minimum absolute atomic E-state index is 0.305. The molecule has 172 valence electrons. The molecule has 34 heavy (non-hydrogen) atoms. The zero-order chi connectivity index (χ0) is 24.2. The summed E-state index contributed by atoms with van der Waals surface area (Å²) < 4.78 is 16.2. The number of carbonyl (C=O) groups excluding carboxylic acids is 1. The molecule has 0 bridgehead atoms. The first-order valence-corrected chi connectivity index (χ1v) is 11.1. The first-order valence-electron chi connectivity index (χ1n) is 9.90. The lowest BCUT2D eigenvalue weighted by Crippen LogP contribution is -2.08. The molecule has 0 unspecified atom stereocenters. The van der Waals surface area contributed by atoms with Crippen molar-refractivity contribution in [2.45, 2.75) is 0 Å². The number of halogens is 3. The van der Waals surface area contributed by atoms with Crippen LogP contribution in [0.1, 0.15) is 0 Å². The number of benzene rings is 2. The maximum absolute atomic E-state index is 14.3. The van der Waals surface area contributed by atoms with Gasteiger partial charge in [0, 0.05) is 41.4 Å². The first kappa shape index (κ1) is 23.4. The number of amides is 1. The van der Waals surface area contributed by atoms with Gasteiger partial charge in [0.15, 0.2) is 0 Å². The summed E-state index contributed by atoms with van der Waals surface area (Å²) in [5, 5.41) is 13.5. The monoisotopic (exact) mass is 541 g/mol. The van der Waals surface area contributed by atoms with Crippen LogP contribution in [0.4, 0.5) is 33.2 Å². The number of nitrogens with zero attached hydrogens (tertiary/aromatic N) is 4. The van der Waals surface area contributed by atoms with Gasteiger partial charge >= 0.3 is 0 Å². The number of nitrogens with one attached hydrogen (secondary N) is 3. The molecule has 0 fully saturated rings. The second kappa shape index (κ2) is 10.0. The van der Waals surface area contributed by atoms with Crippen LogP contribution in [0, 0.1) is 5.82 Å². The Morgan fingerprint density at radius 3 is 2.65 bits per heavy atom. The predicted octanol–water partition coefficient (Wildman–Crippen LogP) is 6.04. The summed E-state index contributed by atoms with van der Waals surface area (Å²) in [4.78, 5) is 20.7. The molecule has 11 heteroatoms. The standard InChI is InChI=1S/C23H18BrClFN7O/c1-3-21(34)29-15-7-14(25)8-16(9-15)30-22-18(13-4-5-19(24)20(26)6-13)11-27-23(32-22)31-17-10-28-33(2)12-17/h3-12H,1H2,2H3,(H,29,34)(H2,27,30,31,32). The van der Waals surface area contributed by atoms with Gasteiger partial charge in [0.2, 0.25) is 11.9 Å². The molecule has 0 radical (unpaired) electrons. The third-order valence-electron chi connectivity index (χ3n) is 4.59. The largest absolute Gasteiger partial charge is 0.339 e. The molecule has 2 aromatic carbocycles. The second-order valence-corrected chi connectivity index (χ2v) is 8.45. The van der Waals surface area contributed by atoms with Crippen molar-refractivity contribution >= 4 is 62.3 Å². The summed E-state index contributed by atoms with van der Waals surface area (Å²) in [5.74, 6) is -0.0900. The Morgan fingerprint density at radius 2 is 1.94 bits per heavy atom. The molecular weight excluding hydrogens is 525 g/mol. The molecule has 2 aromatic heterocycles. The van der Waals surface area contributed by atoms with E-state index in [9.17, 15) is 9.18 Å². The Balaban J connectivity index is 1.74. The molecule has 3 N–H and O–H groups in total. The summed E-state index contributed by atoms with van der Waals surface area (Å²) >= 11 is 9.42. The van der Waals surface area contributed by atoms with Crippen LogP contribution in [-0.4, -0.2) is 25.7 Å². The summed E-state index contributed by atoms with van der Waals surface area (Å²) in [6, 6.07) is 9.71. The molecule has 0 saturated carbocycles. The molecule has 0 spiro atoms. The van der Waals surface area contributed by atoms with E-state index in [2.05, 4.69) is 53.5 Å². The lowest BCUT2D eigenvalue weighted by molar-refractivity contribution is -0.111. The number of anilines is 5. The van der Waals surface area contributed by atoms with Crippen LogP contribution in [0.5, 0.6) is 0 Å². The SMILES string of the molecule is C=CC(=O)Nc1cc(Cl)cc(Nc2nc(Nc3cnn(C)c3)ncc2-c2ccc(Br)c(F)c2)c1. The topological polar surface area (TPSA) is 96.8 Å². The van der Waals surface area contributed by atoms with E-state index < -0.39 is 5.82 Å². The van der Waals surface area contributed by atoms with E-state index in [0.717, 1.165) is 6.08 Å². The van der Waals surface area contributed by atoms with E-state index in [-0.39, 0.29) is 5.91 Å². The molecule has 0 aliphatic rings. The van der Waals surface area contributed by atoms with E-state index in [0.29, 0.717) is 49.5 Å². The highest BCUT2D eigenvalue weighted by Crippen LogP contribution is 2.33. The van der Waals surface area contributed by atoms with Gasteiger partial charge in [-0.1, -0.05) is 24.2 Å². The third-order valence-corrected chi connectivity index (χ3v) is 5.46. The third kappa shape index (κ3) is 5.59. The van der Waals surface area contributed by atoms with Gasteiger partial charge in [-0.2, -0.15) is 10.1 Å². The molecule has 0 aliphatic heterocycles. The van der Waals surface area contributed by atoms with E-state index >= 15 is 0 Å². The summed E-state index contributed by atoms with van der Waals surface area (Å²) in [5.41, 5.74) is 2.85. The quantitative estimate of drug-likeness (QED) is 0.246. The Hall–Kier alpha value is -3.76. The van der Waals surface area contributed by atoms with Crippen molar-refractivity contribution in [1.82, 2.24) is 19.7 Å². The smallest absolute Gasteiger partial charge is 0.247 e. The Labute approximate surface area is 208 Å². The van der Waals surface area contributed by atoms with E-state index in [1.807, 2.05) is 0 Å². The fourth-order valence-electron chi connectivity index (χ4n) is 3.09. The Morgan fingerprint density at radius 1 is 1.15 bits per heavy atom. The average molecular weight is 543 g/mol. The van der Waals surface area contributed by atoms with Crippen LogP contribution in [0.15, 0.2) is 72.1 Å². The maximum atomic E-state index is 14.3. The highest BCUT2D eigenvalue weighted by molar-refractivity contribution is 9.10. The van der Waals surface area contributed by atoms with Gasteiger partial charge < -0.3 is 16.0 Å². The van der Waals surface area contributed by atoms with Gasteiger partial charge in [-0.3, -0.25) is 9.48 Å². The van der Waals surface area contributed by atoms with E-state index in [4.69, 9.17) is 11.6 Å². The van der Waals surface area contributed by atoms with Crippen molar-refractivity contribution in [3.63, 3.8) is 0 Å². The molecule has 2 heterocycles. The molecule has 0 aliphatic carbocycles. The minimum atomic E-state index is -0.418. The molecule has 8 nitrogen and oxygen atoms in total. The zero-order valence-corrected chi connectivity index (χ0v) is 20.2. The molecule has 0 atom stereocenters. The first-order chi connectivity index (χ1) is 16.3. The molecule has 4 aromatic rings. The fraction of sp³-hybridized carbons (Fsp3) is 0.0435. The fourth-order valence-corrected chi connectivity index (χ4v) is 3.57.